The number of carbonyl (C=O) groups is 2. The highest BCUT2D eigenvalue weighted by atomic mass is 32.1. The van der Waals surface area contributed by atoms with E-state index in [4.69, 9.17) is 0 Å². The summed E-state index contributed by atoms with van der Waals surface area (Å²) in [6.07, 6.45) is 2.62. The molecule has 5 rings (SSSR count). The van der Waals surface area contributed by atoms with E-state index < -0.39 is 0 Å². The number of nitrogens with zero attached hydrogens (tertiary/aromatic N) is 1. The summed E-state index contributed by atoms with van der Waals surface area (Å²) in [5.74, 6) is 6.12. The Labute approximate surface area is 171 Å². The maximum Gasteiger partial charge on any atom is 0.253 e. The third kappa shape index (κ3) is 3.22. The second-order valence-corrected chi connectivity index (χ2v) is 7.97. The van der Waals surface area contributed by atoms with E-state index in [-0.39, 0.29) is 18.4 Å². The van der Waals surface area contributed by atoms with Crippen LogP contribution in [0.2, 0.25) is 0 Å². The molecule has 2 heterocycles. The lowest BCUT2D eigenvalue weighted by atomic mass is 9.97. The lowest BCUT2D eigenvalue weighted by Gasteiger charge is -2.11. The van der Waals surface area contributed by atoms with Crippen molar-refractivity contribution < 1.29 is 9.59 Å². The predicted molar refractivity (Wildman–Crippen MR) is 116 cm³/mol. The van der Waals surface area contributed by atoms with Crippen molar-refractivity contribution in [3.8, 4) is 11.8 Å². The Morgan fingerprint density at radius 1 is 0.759 bits per heavy atom. The van der Waals surface area contributed by atoms with Gasteiger partial charge in [0.15, 0.2) is 0 Å². The Balaban J connectivity index is 1.52. The van der Waals surface area contributed by atoms with Crippen molar-refractivity contribution in [3.63, 3.8) is 0 Å². The first-order chi connectivity index (χ1) is 14.2. The van der Waals surface area contributed by atoms with Crippen LogP contribution in [0.4, 0.5) is 0 Å². The Morgan fingerprint density at radius 2 is 1.38 bits per heavy atom. The zero-order chi connectivity index (χ0) is 19.8. The van der Waals surface area contributed by atoms with E-state index in [9.17, 15) is 9.59 Å². The molecule has 1 aliphatic heterocycles. The van der Waals surface area contributed by atoms with Crippen LogP contribution in [-0.4, -0.2) is 16.7 Å². The molecule has 0 N–H and O–H groups in total. The monoisotopic (exact) mass is 393 g/mol. The molecule has 0 spiro atoms. The van der Waals surface area contributed by atoms with Gasteiger partial charge in [0.25, 0.3) is 11.8 Å². The maximum atomic E-state index is 11.8. The van der Waals surface area contributed by atoms with Crippen molar-refractivity contribution in [1.82, 2.24) is 4.90 Å². The molecule has 1 aliphatic rings. The van der Waals surface area contributed by atoms with E-state index in [0.717, 1.165) is 26.1 Å². The van der Waals surface area contributed by atoms with E-state index in [1.165, 1.54) is 39.2 Å². The Hall–Kier alpha value is -3.68. The lowest BCUT2D eigenvalue weighted by Crippen LogP contribution is -2.28. The predicted octanol–water partition coefficient (Wildman–Crippen LogP) is 4.88. The van der Waals surface area contributed by atoms with Crippen LogP contribution in [-0.2, 0) is 16.1 Å². The Bertz CT molecular complexity index is 1310. The minimum atomic E-state index is -0.266. The first-order valence-electron chi connectivity index (χ1n) is 9.24. The maximum absolute atomic E-state index is 11.8. The number of hydrogen-bond donors (Lipinski definition) is 0. The van der Waals surface area contributed by atoms with Gasteiger partial charge in [0.05, 0.1) is 11.4 Å². The molecule has 4 heteroatoms. The fraction of sp³-hybridized carbons (Fsp3) is 0.0400. The van der Waals surface area contributed by atoms with Crippen molar-refractivity contribution in [2.45, 2.75) is 6.54 Å². The summed E-state index contributed by atoms with van der Waals surface area (Å²) in [6.45, 7) is 0.286. The van der Waals surface area contributed by atoms with Gasteiger partial charge >= 0.3 is 0 Å². The molecule has 0 radical (unpaired) electrons. The average molecular weight is 393 g/mol. The summed E-state index contributed by atoms with van der Waals surface area (Å²) in [4.78, 5) is 26.6. The molecule has 0 fully saturated rings. The molecule has 0 unspecified atom stereocenters. The Morgan fingerprint density at radius 3 is 2.03 bits per heavy atom. The lowest BCUT2D eigenvalue weighted by molar-refractivity contribution is -0.137. The van der Waals surface area contributed by atoms with Gasteiger partial charge < -0.3 is 0 Å². The molecule has 138 valence electrons. The van der Waals surface area contributed by atoms with Gasteiger partial charge in [-0.2, -0.15) is 0 Å². The fourth-order valence-corrected chi connectivity index (χ4v) is 4.40. The SMILES string of the molecule is O=C1C=CC(=O)N1Cc1ccc(C#Cc2c3ccccc3cc3ccccc23)s1. The molecule has 1 aromatic heterocycles. The van der Waals surface area contributed by atoms with E-state index in [1.54, 1.807) is 0 Å². The summed E-state index contributed by atoms with van der Waals surface area (Å²) < 4.78 is 0. The summed E-state index contributed by atoms with van der Waals surface area (Å²) in [5.41, 5.74) is 1.02. The number of amides is 2. The van der Waals surface area contributed by atoms with E-state index in [1.807, 2.05) is 36.4 Å². The van der Waals surface area contributed by atoms with Gasteiger partial charge in [0, 0.05) is 22.6 Å². The van der Waals surface area contributed by atoms with Crippen LogP contribution in [0.1, 0.15) is 15.3 Å². The third-order valence-electron chi connectivity index (χ3n) is 4.96. The number of hydrogen-bond acceptors (Lipinski definition) is 3. The van der Waals surface area contributed by atoms with E-state index in [0.29, 0.717) is 0 Å². The van der Waals surface area contributed by atoms with Gasteiger partial charge in [-0.25, -0.2) is 0 Å². The summed E-state index contributed by atoms with van der Waals surface area (Å²) in [7, 11) is 0. The zero-order valence-corrected chi connectivity index (χ0v) is 16.2. The molecule has 4 aromatic rings. The summed E-state index contributed by atoms with van der Waals surface area (Å²) >= 11 is 1.51. The largest absolute Gasteiger partial charge is 0.270 e. The van der Waals surface area contributed by atoms with Crippen LogP contribution in [0.5, 0.6) is 0 Å². The smallest absolute Gasteiger partial charge is 0.253 e. The Kier molecular flexibility index (Phi) is 4.23. The van der Waals surface area contributed by atoms with Crippen LogP contribution in [0.3, 0.4) is 0 Å². The van der Waals surface area contributed by atoms with Crippen molar-refractivity contribution >= 4 is 44.7 Å². The molecule has 3 aromatic carbocycles. The topological polar surface area (TPSA) is 37.4 Å². The highest BCUT2D eigenvalue weighted by molar-refractivity contribution is 7.12. The van der Waals surface area contributed by atoms with Gasteiger partial charge in [-0.1, -0.05) is 60.4 Å². The van der Waals surface area contributed by atoms with Crippen molar-refractivity contribution in [2.75, 3.05) is 0 Å². The molecule has 29 heavy (non-hydrogen) atoms. The minimum Gasteiger partial charge on any atom is -0.270 e. The zero-order valence-electron chi connectivity index (χ0n) is 15.4. The first kappa shape index (κ1) is 17.4. The number of rotatable bonds is 2. The van der Waals surface area contributed by atoms with E-state index >= 15 is 0 Å². The summed E-state index contributed by atoms with van der Waals surface area (Å²) in [6, 6.07) is 22.6. The molecular weight excluding hydrogens is 378 g/mol. The number of imide groups is 1. The van der Waals surface area contributed by atoms with Crippen LogP contribution in [0.25, 0.3) is 21.5 Å². The van der Waals surface area contributed by atoms with Crippen LogP contribution >= 0.6 is 11.3 Å². The van der Waals surface area contributed by atoms with Crippen LogP contribution in [0, 0.1) is 11.8 Å². The quantitative estimate of drug-likeness (QED) is 0.277. The van der Waals surface area contributed by atoms with Crippen molar-refractivity contribution in [3.05, 3.63) is 94.2 Å². The number of carbonyl (C=O) groups excluding carboxylic acids is 2. The normalized spacial score (nSPS) is 13.3. The molecule has 0 bridgehead atoms. The summed E-state index contributed by atoms with van der Waals surface area (Å²) in [5, 5.41) is 4.60. The van der Waals surface area contributed by atoms with E-state index in [2.05, 4.69) is 42.2 Å². The average Bonchev–Trinajstić information content (AvgIpc) is 3.32. The second-order valence-electron chi connectivity index (χ2n) is 6.81. The standard InChI is InChI=1S/C25H15NO2S/c27-24-13-14-25(28)26(24)16-20-10-9-19(29-20)11-12-23-21-7-3-1-5-17(21)15-18-6-2-4-8-22(18)23/h1-10,13-15H,16H2. The van der Waals surface area contributed by atoms with Gasteiger partial charge in [0.1, 0.15) is 0 Å². The highest BCUT2D eigenvalue weighted by Crippen LogP contribution is 2.28. The molecule has 2 amide bonds. The second kappa shape index (κ2) is 7.05. The molecule has 0 atom stereocenters. The molecular formula is C25H15NO2S. The van der Waals surface area contributed by atoms with Gasteiger partial charge in [-0.05, 0) is 39.7 Å². The fourth-order valence-electron chi connectivity index (χ4n) is 3.55. The molecule has 3 nitrogen and oxygen atoms in total. The number of thiophene rings is 1. The molecule has 0 saturated heterocycles. The third-order valence-corrected chi connectivity index (χ3v) is 5.94. The van der Waals surface area contributed by atoms with Crippen molar-refractivity contribution in [1.29, 1.82) is 0 Å². The van der Waals surface area contributed by atoms with Gasteiger partial charge in [0.2, 0.25) is 0 Å². The first-order valence-corrected chi connectivity index (χ1v) is 10.1. The van der Waals surface area contributed by atoms with Gasteiger partial charge in [-0.3, -0.25) is 14.5 Å². The highest BCUT2D eigenvalue weighted by Gasteiger charge is 2.23. The van der Waals surface area contributed by atoms with Crippen molar-refractivity contribution in [2.24, 2.45) is 0 Å². The number of fused-ring (bicyclic) bond motifs is 2. The molecule has 0 saturated carbocycles. The van der Waals surface area contributed by atoms with Crippen LogP contribution < -0.4 is 0 Å². The minimum absolute atomic E-state index is 0.266. The van der Waals surface area contributed by atoms with Crippen LogP contribution in [0.15, 0.2) is 78.9 Å². The molecule has 0 aliphatic carbocycles. The number of benzene rings is 3. The van der Waals surface area contributed by atoms with Gasteiger partial charge in [-0.15, -0.1) is 11.3 Å².